The van der Waals surface area contributed by atoms with Crippen molar-refractivity contribution in [2.75, 3.05) is 31.7 Å². The van der Waals surface area contributed by atoms with Gasteiger partial charge in [0.05, 0.1) is 18.9 Å². The maximum Gasteiger partial charge on any atom is 0.232 e. The van der Waals surface area contributed by atoms with Gasteiger partial charge >= 0.3 is 0 Å². The molecule has 7 heteroatoms. The summed E-state index contributed by atoms with van der Waals surface area (Å²) in [4.78, 5) is 18.3. The quantitative estimate of drug-likeness (QED) is 0.912. The van der Waals surface area contributed by atoms with Gasteiger partial charge in [-0.05, 0) is 6.26 Å². The summed E-state index contributed by atoms with van der Waals surface area (Å²) in [5, 5.41) is 7.19. The second-order valence-corrected chi connectivity index (χ2v) is 6.79. The molecule has 1 saturated heterocycles. The van der Waals surface area contributed by atoms with E-state index in [4.69, 9.17) is 4.74 Å². The third-order valence-electron chi connectivity index (χ3n) is 3.17. The first kappa shape index (κ1) is 15.3. The molecule has 0 radical (unpaired) electrons. The largest absolute Gasteiger partial charge is 0.367 e. The van der Waals surface area contributed by atoms with Crippen molar-refractivity contribution in [2.45, 2.75) is 32.3 Å². The number of thioether (sulfide) groups is 1. The number of hydrogen-bond donors (Lipinski definition) is 1. The minimum absolute atomic E-state index is 0.0994. The molecule has 2 rings (SSSR count). The lowest BCUT2D eigenvalue weighted by atomic mass is 9.96. The van der Waals surface area contributed by atoms with Gasteiger partial charge in [0.25, 0.3) is 0 Å². The van der Waals surface area contributed by atoms with Gasteiger partial charge in [-0.25, -0.2) is 4.98 Å². The van der Waals surface area contributed by atoms with Crippen LogP contribution in [0, 0.1) is 0 Å². The molecule has 1 amide bonds. The Bertz CT molecular complexity index is 469. The second-order valence-electron chi connectivity index (χ2n) is 5.93. The van der Waals surface area contributed by atoms with Crippen LogP contribution in [0.25, 0.3) is 0 Å². The Morgan fingerprint density at radius 1 is 1.55 bits per heavy atom. The average Bonchev–Trinajstić information content (AvgIpc) is 2.89. The number of ether oxygens (including phenoxy) is 1. The number of aromatic amines is 1. The lowest BCUT2D eigenvalue weighted by molar-refractivity contribution is -0.136. The van der Waals surface area contributed by atoms with E-state index in [2.05, 4.69) is 36.0 Å². The molecule has 1 aromatic rings. The van der Waals surface area contributed by atoms with Crippen molar-refractivity contribution in [3.8, 4) is 0 Å². The molecule has 6 nitrogen and oxygen atoms in total. The number of H-pyrrole nitrogens is 1. The normalized spacial score (nSPS) is 20.2. The average molecular weight is 298 g/mol. The summed E-state index contributed by atoms with van der Waals surface area (Å²) in [7, 11) is 0. The predicted molar refractivity (Wildman–Crippen MR) is 78.7 cm³/mol. The topological polar surface area (TPSA) is 71.1 Å². The van der Waals surface area contributed by atoms with Gasteiger partial charge in [0.2, 0.25) is 5.91 Å². The van der Waals surface area contributed by atoms with Crippen molar-refractivity contribution in [3.05, 3.63) is 11.6 Å². The molecular weight excluding hydrogens is 276 g/mol. The van der Waals surface area contributed by atoms with E-state index in [-0.39, 0.29) is 17.4 Å². The zero-order chi connectivity index (χ0) is 14.8. The van der Waals surface area contributed by atoms with E-state index in [0.717, 1.165) is 5.82 Å². The van der Waals surface area contributed by atoms with Crippen LogP contribution in [-0.4, -0.2) is 57.7 Å². The fraction of sp³-hybridized carbons (Fsp3) is 0.769. The molecule has 0 unspecified atom stereocenters. The van der Waals surface area contributed by atoms with Crippen LogP contribution in [0.5, 0.6) is 0 Å². The van der Waals surface area contributed by atoms with E-state index in [1.54, 1.807) is 11.8 Å². The predicted octanol–water partition coefficient (Wildman–Crippen LogP) is 1.37. The zero-order valence-electron chi connectivity index (χ0n) is 12.5. The summed E-state index contributed by atoms with van der Waals surface area (Å²) in [5.74, 6) is 2.14. The van der Waals surface area contributed by atoms with Crippen LogP contribution in [0.1, 0.15) is 38.5 Å². The number of rotatable bonds is 3. The summed E-state index contributed by atoms with van der Waals surface area (Å²) >= 11 is 1.54. The SMILES string of the molecule is CSCC(=O)N1CCO[C@@H](c2nc(C(C)(C)C)n[nH]2)C1. The van der Waals surface area contributed by atoms with E-state index in [9.17, 15) is 4.79 Å². The van der Waals surface area contributed by atoms with Crippen molar-refractivity contribution >= 4 is 17.7 Å². The molecule has 1 aliphatic heterocycles. The zero-order valence-corrected chi connectivity index (χ0v) is 13.3. The summed E-state index contributed by atoms with van der Waals surface area (Å²) in [5.41, 5.74) is -0.0994. The summed E-state index contributed by atoms with van der Waals surface area (Å²) in [6.07, 6.45) is 1.72. The van der Waals surface area contributed by atoms with Crippen LogP contribution in [0.4, 0.5) is 0 Å². The highest BCUT2D eigenvalue weighted by atomic mass is 32.2. The first-order valence-corrected chi connectivity index (χ1v) is 8.12. The smallest absolute Gasteiger partial charge is 0.232 e. The summed E-state index contributed by atoms with van der Waals surface area (Å²) < 4.78 is 5.71. The number of morpholine rings is 1. The molecule has 0 saturated carbocycles. The van der Waals surface area contributed by atoms with Gasteiger partial charge in [-0.2, -0.15) is 16.9 Å². The third kappa shape index (κ3) is 3.52. The van der Waals surface area contributed by atoms with E-state index < -0.39 is 0 Å². The van der Waals surface area contributed by atoms with Crippen molar-refractivity contribution in [2.24, 2.45) is 0 Å². The van der Waals surface area contributed by atoms with Crippen molar-refractivity contribution in [1.29, 1.82) is 0 Å². The van der Waals surface area contributed by atoms with Crippen LogP contribution in [0.3, 0.4) is 0 Å². The second kappa shape index (κ2) is 6.13. The van der Waals surface area contributed by atoms with E-state index >= 15 is 0 Å². The van der Waals surface area contributed by atoms with Gasteiger partial charge in [0.15, 0.2) is 11.6 Å². The Labute approximate surface area is 123 Å². The van der Waals surface area contributed by atoms with Crippen molar-refractivity contribution in [3.63, 3.8) is 0 Å². The molecule has 0 spiro atoms. The van der Waals surface area contributed by atoms with E-state index in [1.807, 2.05) is 11.2 Å². The maximum absolute atomic E-state index is 11.9. The minimum Gasteiger partial charge on any atom is -0.367 e. The summed E-state index contributed by atoms with van der Waals surface area (Å²) in [6.45, 7) is 7.92. The molecule has 0 aliphatic carbocycles. The number of nitrogens with zero attached hydrogens (tertiary/aromatic N) is 3. The van der Waals surface area contributed by atoms with Gasteiger partial charge in [-0.15, -0.1) is 0 Å². The van der Waals surface area contributed by atoms with Crippen LogP contribution < -0.4 is 0 Å². The number of carbonyl (C=O) groups is 1. The van der Waals surface area contributed by atoms with Crippen molar-refractivity contribution in [1.82, 2.24) is 20.1 Å². The number of amides is 1. The molecule has 1 fully saturated rings. The number of hydrogen-bond acceptors (Lipinski definition) is 5. The Morgan fingerprint density at radius 2 is 2.30 bits per heavy atom. The first-order valence-electron chi connectivity index (χ1n) is 6.73. The molecule has 1 N–H and O–H groups in total. The highest BCUT2D eigenvalue weighted by Gasteiger charge is 2.29. The molecule has 1 aromatic heterocycles. The lowest BCUT2D eigenvalue weighted by Gasteiger charge is -2.31. The Kier molecular flexibility index (Phi) is 4.70. The van der Waals surface area contributed by atoms with Gasteiger partial charge in [0.1, 0.15) is 6.10 Å². The number of nitrogens with one attached hydrogen (secondary N) is 1. The van der Waals surface area contributed by atoms with E-state index in [0.29, 0.717) is 31.3 Å². The Balaban J connectivity index is 2.05. The molecule has 0 aromatic carbocycles. The van der Waals surface area contributed by atoms with Crippen molar-refractivity contribution < 1.29 is 9.53 Å². The Morgan fingerprint density at radius 3 is 2.90 bits per heavy atom. The monoisotopic (exact) mass is 298 g/mol. The van der Waals surface area contributed by atoms with Gasteiger partial charge in [-0.3, -0.25) is 9.89 Å². The molecule has 1 atom stereocenters. The number of aromatic nitrogens is 3. The molecule has 2 heterocycles. The highest BCUT2D eigenvalue weighted by molar-refractivity contribution is 7.99. The van der Waals surface area contributed by atoms with Crippen LogP contribution in [0.2, 0.25) is 0 Å². The molecule has 1 aliphatic rings. The third-order valence-corrected chi connectivity index (χ3v) is 3.70. The van der Waals surface area contributed by atoms with E-state index in [1.165, 1.54) is 0 Å². The molecule has 0 bridgehead atoms. The fourth-order valence-corrected chi connectivity index (χ4v) is 2.44. The Hall–Kier alpha value is -1.08. The molecule has 112 valence electrons. The molecule has 20 heavy (non-hydrogen) atoms. The van der Waals surface area contributed by atoms with Crippen LogP contribution >= 0.6 is 11.8 Å². The van der Waals surface area contributed by atoms with Gasteiger partial charge in [0, 0.05) is 12.0 Å². The van der Waals surface area contributed by atoms with Crippen LogP contribution in [0.15, 0.2) is 0 Å². The minimum atomic E-state index is -0.210. The standard InChI is InChI=1S/C13H22N4O2S/c1-13(2,3)12-14-11(15-16-12)9-7-17(5-6-19-9)10(18)8-20-4/h9H,5-8H2,1-4H3,(H,14,15,16)/t9-/m1/s1. The van der Waals surface area contributed by atoms with Crippen LogP contribution in [-0.2, 0) is 14.9 Å². The summed E-state index contributed by atoms with van der Waals surface area (Å²) in [6, 6.07) is 0. The maximum atomic E-state index is 11.9. The number of carbonyl (C=O) groups excluding carboxylic acids is 1. The highest BCUT2D eigenvalue weighted by Crippen LogP contribution is 2.23. The lowest BCUT2D eigenvalue weighted by Crippen LogP contribution is -2.43. The molecular formula is C13H22N4O2S. The van der Waals surface area contributed by atoms with Gasteiger partial charge < -0.3 is 9.64 Å². The van der Waals surface area contributed by atoms with Gasteiger partial charge in [-0.1, -0.05) is 20.8 Å². The first-order chi connectivity index (χ1) is 9.41. The fourth-order valence-electron chi connectivity index (χ4n) is 2.01.